The number of nitrogens with zero attached hydrogens (tertiary/aromatic N) is 2. The van der Waals surface area contributed by atoms with Crippen LogP contribution >= 0.6 is 15.9 Å². The number of benzene rings is 1. The number of halogens is 3. The van der Waals surface area contributed by atoms with Crippen LogP contribution in [-0.4, -0.2) is 9.78 Å². The lowest BCUT2D eigenvalue weighted by atomic mass is 10.1. The number of fused-ring (bicyclic) bond motifs is 1. The average Bonchev–Trinajstić information content (AvgIpc) is 2.44. The molecule has 0 aliphatic heterocycles. The molecule has 15 heavy (non-hydrogen) atoms. The van der Waals surface area contributed by atoms with Crippen molar-refractivity contribution in [3.8, 4) is 0 Å². The lowest BCUT2D eigenvalue weighted by molar-refractivity contribution is 0.429. The maximum Gasteiger partial charge on any atom is 0.270 e. The summed E-state index contributed by atoms with van der Waals surface area (Å²) < 4.78 is 26.8. The Morgan fingerprint density at radius 2 is 2.20 bits per heavy atom. The summed E-state index contributed by atoms with van der Waals surface area (Å²) in [5.41, 5.74) is 0.994. The highest BCUT2D eigenvalue weighted by atomic mass is 79.9. The molecule has 0 bridgehead atoms. The average molecular weight is 273 g/mol. The van der Waals surface area contributed by atoms with Gasteiger partial charge in [0.15, 0.2) is 0 Å². The monoisotopic (exact) mass is 272 g/mol. The molecule has 78 valence electrons. The van der Waals surface area contributed by atoms with Crippen molar-refractivity contribution in [2.24, 2.45) is 7.05 Å². The first-order chi connectivity index (χ1) is 7.06. The third-order valence-corrected chi connectivity index (χ3v) is 2.44. The van der Waals surface area contributed by atoms with Crippen LogP contribution in [0.3, 0.4) is 0 Å². The molecule has 0 aliphatic carbocycles. The Bertz CT molecular complexity index is 542. The zero-order valence-corrected chi connectivity index (χ0v) is 9.42. The SMILES string of the molecule is Cn1cc2cc(Br)cc(C=C(F)F)c2n1. The van der Waals surface area contributed by atoms with Crippen LogP contribution in [0.5, 0.6) is 0 Å². The predicted molar refractivity (Wildman–Crippen MR) is 58.6 cm³/mol. The van der Waals surface area contributed by atoms with E-state index in [0.717, 1.165) is 15.9 Å². The quantitative estimate of drug-likeness (QED) is 0.776. The summed E-state index contributed by atoms with van der Waals surface area (Å²) >= 11 is 3.27. The summed E-state index contributed by atoms with van der Waals surface area (Å²) in [6.07, 6.45) is 0.883. The van der Waals surface area contributed by atoms with Gasteiger partial charge in [0, 0.05) is 34.7 Å². The Kier molecular flexibility index (Phi) is 2.56. The van der Waals surface area contributed by atoms with Crippen LogP contribution in [0.2, 0.25) is 0 Å². The Morgan fingerprint density at radius 3 is 2.87 bits per heavy atom. The molecule has 0 saturated heterocycles. The molecule has 1 aromatic heterocycles. The van der Waals surface area contributed by atoms with E-state index in [1.807, 2.05) is 6.07 Å². The summed E-state index contributed by atoms with van der Waals surface area (Å²) in [7, 11) is 1.76. The molecule has 0 aliphatic rings. The molecule has 0 saturated carbocycles. The molecular formula is C10H7BrF2N2. The number of hydrogen-bond donors (Lipinski definition) is 0. The van der Waals surface area contributed by atoms with Crippen LogP contribution in [0, 0.1) is 0 Å². The first-order valence-electron chi connectivity index (χ1n) is 4.22. The van der Waals surface area contributed by atoms with Gasteiger partial charge in [-0.05, 0) is 12.1 Å². The number of rotatable bonds is 1. The summed E-state index contributed by atoms with van der Waals surface area (Å²) in [5.74, 6) is 0. The van der Waals surface area contributed by atoms with Crippen LogP contribution in [-0.2, 0) is 7.05 Å². The van der Waals surface area contributed by atoms with Gasteiger partial charge in [0.1, 0.15) is 0 Å². The Hall–Kier alpha value is -1.23. The van der Waals surface area contributed by atoms with Gasteiger partial charge >= 0.3 is 0 Å². The van der Waals surface area contributed by atoms with Gasteiger partial charge < -0.3 is 0 Å². The lowest BCUT2D eigenvalue weighted by Crippen LogP contribution is -1.86. The highest BCUT2D eigenvalue weighted by Gasteiger charge is 2.06. The van der Waals surface area contributed by atoms with E-state index in [-0.39, 0.29) is 0 Å². The fourth-order valence-electron chi connectivity index (χ4n) is 1.47. The van der Waals surface area contributed by atoms with E-state index in [1.165, 1.54) is 0 Å². The highest BCUT2D eigenvalue weighted by Crippen LogP contribution is 2.25. The molecular weight excluding hydrogens is 266 g/mol. The minimum Gasteiger partial charge on any atom is -0.275 e. The van der Waals surface area contributed by atoms with Crippen molar-refractivity contribution in [3.05, 3.63) is 34.4 Å². The maximum atomic E-state index is 12.2. The summed E-state index contributed by atoms with van der Waals surface area (Å²) in [4.78, 5) is 0. The zero-order valence-electron chi connectivity index (χ0n) is 7.84. The summed E-state index contributed by atoms with van der Waals surface area (Å²) in [5, 5.41) is 4.96. The first kappa shape index (κ1) is 10.3. The Morgan fingerprint density at radius 1 is 1.47 bits per heavy atom. The second kappa shape index (κ2) is 3.73. The minimum atomic E-state index is -1.72. The van der Waals surface area contributed by atoms with Gasteiger partial charge in [0.05, 0.1) is 5.52 Å². The van der Waals surface area contributed by atoms with Crippen molar-refractivity contribution < 1.29 is 8.78 Å². The third kappa shape index (κ3) is 2.07. The smallest absolute Gasteiger partial charge is 0.270 e. The van der Waals surface area contributed by atoms with E-state index < -0.39 is 6.08 Å². The molecule has 2 rings (SSSR count). The van der Waals surface area contributed by atoms with Gasteiger partial charge in [-0.25, -0.2) is 0 Å². The highest BCUT2D eigenvalue weighted by molar-refractivity contribution is 9.10. The molecule has 5 heteroatoms. The van der Waals surface area contributed by atoms with E-state index in [4.69, 9.17) is 0 Å². The van der Waals surface area contributed by atoms with Crippen molar-refractivity contribution in [2.75, 3.05) is 0 Å². The van der Waals surface area contributed by atoms with Crippen molar-refractivity contribution in [3.63, 3.8) is 0 Å². The fraction of sp³-hybridized carbons (Fsp3) is 0.100. The largest absolute Gasteiger partial charge is 0.275 e. The molecule has 0 N–H and O–H groups in total. The molecule has 0 unspecified atom stereocenters. The van der Waals surface area contributed by atoms with Crippen molar-refractivity contribution in [1.29, 1.82) is 0 Å². The zero-order chi connectivity index (χ0) is 11.0. The molecule has 1 aromatic carbocycles. The van der Waals surface area contributed by atoms with Crippen molar-refractivity contribution in [1.82, 2.24) is 9.78 Å². The van der Waals surface area contributed by atoms with Crippen LogP contribution in [0.1, 0.15) is 5.56 Å². The second-order valence-corrected chi connectivity index (χ2v) is 4.09. The van der Waals surface area contributed by atoms with Gasteiger partial charge in [-0.3, -0.25) is 4.68 Å². The van der Waals surface area contributed by atoms with E-state index >= 15 is 0 Å². The molecule has 0 radical (unpaired) electrons. The summed E-state index contributed by atoms with van der Waals surface area (Å²) in [6.45, 7) is 0. The molecule has 0 fully saturated rings. The predicted octanol–water partition coefficient (Wildman–Crippen LogP) is 3.57. The second-order valence-electron chi connectivity index (χ2n) is 3.17. The number of hydrogen-bond acceptors (Lipinski definition) is 1. The van der Waals surface area contributed by atoms with E-state index in [1.54, 1.807) is 24.0 Å². The maximum absolute atomic E-state index is 12.2. The van der Waals surface area contributed by atoms with E-state index in [0.29, 0.717) is 11.1 Å². The van der Waals surface area contributed by atoms with E-state index in [9.17, 15) is 8.78 Å². The van der Waals surface area contributed by atoms with Gasteiger partial charge in [-0.1, -0.05) is 15.9 Å². The van der Waals surface area contributed by atoms with Gasteiger partial charge in [-0.2, -0.15) is 13.9 Å². The number of aromatic nitrogens is 2. The normalized spacial score (nSPS) is 10.7. The molecule has 1 heterocycles. The molecule has 2 nitrogen and oxygen atoms in total. The minimum absolute atomic E-state index is 0.417. The van der Waals surface area contributed by atoms with Crippen LogP contribution in [0.25, 0.3) is 17.0 Å². The van der Waals surface area contributed by atoms with Crippen LogP contribution in [0.4, 0.5) is 8.78 Å². The fourth-order valence-corrected chi connectivity index (χ4v) is 1.96. The molecule has 0 spiro atoms. The first-order valence-corrected chi connectivity index (χ1v) is 5.01. The molecule has 2 aromatic rings. The van der Waals surface area contributed by atoms with Crippen LogP contribution in [0.15, 0.2) is 28.9 Å². The third-order valence-electron chi connectivity index (χ3n) is 1.98. The molecule has 0 atom stereocenters. The topological polar surface area (TPSA) is 17.8 Å². The molecule has 0 amide bonds. The van der Waals surface area contributed by atoms with E-state index in [2.05, 4.69) is 21.0 Å². The van der Waals surface area contributed by atoms with Gasteiger partial charge in [-0.15, -0.1) is 0 Å². The van der Waals surface area contributed by atoms with Crippen molar-refractivity contribution >= 4 is 32.9 Å². The number of aryl methyl sites for hydroxylation is 1. The summed E-state index contributed by atoms with van der Waals surface area (Å²) in [6, 6.07) is 3.46. The Labute approximate surface area is 93.3 Å². The van der Waals surface area contributed by atoms with Crippen molar-refractivity contribution in [2.45, 2.75) is 0 Å². The van der Waals surface area contributed by atoms with Crippen LogP contribution < -0.4 is 0 Å². The Balaban J connectivity index is 2.76. The standard InChI is InChI=1S/C10H7BrF2N2/c1-15-5-7-3-8(11)2-6(4-9(12)13)10(7)14-15/h2-5H,1H3. The van der Waals surface area contributed by atoms with Gasteiger partial charge in [0.25, 0.3) is 6.08 Å². The van der Waals surface area contributed by atoms with Gasteiger partial charge in [0.2, 0.25) is 0 Å². The lowest BCUT2D eigenvalue weighted by Gasteiger charge is -1.96.